The molecular formula is C22H19F3N2O4S. The summed E-state index contributed by atoms with van der Waals surface area (Å²) in [6.45, 7) is 3.24. The van der Waals surface area contributed by atoms with Crippen molar-refractivity contribution in [1.82, 2.24) is 4.90 Å². The number of rotatable bonds is 7. The lowest BCUT2D eigenvalue weighted by Gasteiger charge is -2.13. The predicted molar refractivity (Wildman–Crippen MR) is 114 cm³/mol. The van der Waals surface area contributed by atoms with Crippen molar-refractivity contribution in [1.29, 1.82) is 0 Å². The molecule has 1 atom stereocenters. The molecule has 10 heteroatoms. The fourth-order valence-electron chi connectivity index (χ4n) is 2.70. The molecule has 0 bridgehead atoms. The number of nitrogens with zero attached hydrogens (tertiary/aromatic N) is 1. The van der Waals surface area contributed by atoms with Crippen LogP contribution < -0.4 is 10.1 Å². The van der Waals surface area contributed by atoms with Crippen LogP contribution in [0.1, 0.15) is 25.8 Å². The number of anilines is 1. The molecular weight excluding hydrogens is 445 g/mol. The van der Waals surface area contributed by atoms with Gasteiger partial charge in [-0.15, -0.1) is 0 Å². The summed E-state index contributed by atoms with van der Waals surface area (Å²) in [4.78, 5) is 37.7. The van der Waals surface area contributed by atoms with Crippen LogP contribution in [0.3, 0.4) is 0 Å². The molecule has 0 saturated carbocycles. The van der Waals surface area contributed by atoms with Gasteiger partial charge in [0.2, 0.25) is 5.91 Å². The second-order valence-electron chi connectivity index (χ2n) is 6.94. The van der Waals surface area contributed by atoms with Crippen molar-refractivity contribution in [2.24, 2.45) is 0 Å². The summed E-state index contributed by atoms with van der Waals surface area (Å²) in [7, 11) is 0. The van der Waals surface area contributed by atoms with Crippen molar-refractivity contribution < 1.29 is 32.3 Å². The zero-order chi connectivity index (χ0) is 23.4. The molecule has 2 aromatic carbocycles. The van der Waals surface area contributed by atoms with Gasteiger partial charge in [0.05, 0.1) is 16.7 Å². The minimum atomic E-state index is -1.74. The van der Waals surface area contributed by atoms with E-state index >= 15 is 0 Å². The first-order chi connectivity index (χ1) is 15.2. The van der Waals surface area contributed by atoms with Crippen molar-refractivity contribution >= 4 is 40.6 Å². The van der Waals surface area contributed by atoms with E-state index in [-0.39, 0.29) is 11.0 Å². The Morgan fingerprint density at radius 3 is 2.47 bits per heavy atom. The van der Waals surface area contributed by atoms with E-state index in [4.69, 9.17) is 4.74 Å². The number of halogens is 3. The minimum absolute atomic E-state index is 0.0587. The highest BCUT2D eigenvalue weighted by molar-refractivity contribution is 8.18. The summed E-state index contributed by atoms with van der Waals surface area (Å²) in [5, 5.41) is 1.35. The van der Waals surface area contributed by atoms with Crippen LogP contribution in [0.5, 0.6) is 5.75 Å². The highest BCUT2D eigenvalue weighted by atomic mass is 32.2. The van der Waals surface area contributed by atoms with Crippen LogP contribution in [0.25, 0.3) is 6.08 Å². The topological polar surface area (TPSA) is 75.7 Å². The zero-order valence-electron chi connectivity index (χ0n) is 17.2. The number of carbonyl (C=O) groups is 3. The lowest BCUT2D eigenvalue weighted by Crippen LogP contribution is -2.36. The number of amides is 3. The molecule has 1 fully saturated rings. The van der Waals surface area contributed by atoms with Crippen molar-refractivity contribution in [2.75, 3.05) is 11.9 Å². The maximum absolute atomic E-state index is 13.7. The number of benzene rings is 2. The maximum Gasteiger partial charge on any atom is 0.294 e. The molecule has 3 rings (SSSR count). The van der Waals surface area contributed by atoms with Gasteiger partial charge < -0.3 is 10.1 Å². The third kappa shape index (κ3) is 5.31. The van der Waals surface area contributed by atoms with Gasteiger partial charge in [-0.05, 0) is 61.0 Å². The van der Waals surface area contributed by atoms with Gasteiger partial charge in [-0.1, -0.05) is 19.1 Å². The third-order valence-electron chi connectivity index (χ3n) is 4.57. The highest BCUT2D eigenvalue weighted by Gasteiger charge is 2.36. The first kappa shape index (κ1) is 23.4. The van der Waals surface area contributed by atoms with Crippen molar-refractivity contribution in [3.63, 3.8) is 0 Å². The predicted octanol–water partition coefficient (Wildman–Crippen LogP) is 4.96. The van der Waals surface area contributed by atoms with E-state index in [1.54, 1.807) is 24.3 Å². The van der Waals surface area contributed by atoms with Crippen molar-refractivity contribution in [3.05, 3.63) is 64.3 Å². The lowest BCUT2D eigenvalue weighted by molar-refractivity contribution is -0.127. The van der Waals surface area contributed by atoms with E-state index in [0.717, 1.165) is 12.5 Å². The Balaban J connectivity index is 1.66. The molecule has 1 aliphatic heterocycles. The summed E-state index contributed by atoms with van der Waals surface area (Å²) >= 11 is 0.655. The Labute approximate surface area is 186 Å². The molecule has 1 heterocycles. The number of hydrogen-bond acceptors (Lipinski definition) is 5. The Hall–Kier alpha value is -3.27. The van der Waals surface area contributed by atoms with Crippen molar-refractivity contribution in [2.45, 2.75) is 26.4 Å². The summed E-state index contributed by atoms with van der Waals surface area (Å²) in [6.07, 6.45) is 2.42. The smallest absolute Gasteiger partial charge is 0.294 e. The number of thioether (sulfide) groups is 1. The van der Waals surface area contributed by atoms with Crippen LogP contribution in [-0.2, 0) is 9.59 Å². The average molecular weight is 464 g/mol. The van der Waals surface area contributed by atoms with Crippen LogP contribution >= 0.6 is 11.8 Å². The SMILES string of the molecule is CC[C@@H](C)Oc1ccc(/C=C2\SC(=O)N(CC(=O)Nc3ccc(F)c(F)c3F)C2=O)cc1. The number of imide groups is 1. The van der Waals surface area contributed by atoms with Crippen LogP contribution in [0.4, 0.5) is 23.7 Å². The molecule has 0 radical (unpaired) electrons. The Morgan fingerprint density at radius 1 is 1.12 bits per heavy atom. The standard InChI is InChI=1S/C22H19F3N2O4S/c1-3-12(2)31-14-6-4-13(5-7-14)10-17-21(29)27(22(30)32-17)11-18(28)26-16-9-8-15(23)19(24)20(16)25/h4-10,12H,3,11H2,1-2H3,(H,26,28)/b17-10-/t12-/m1/s1. The molecule has 0 spiro atoms. The van der Waals surface area contributed by atoms with Gasteiger partial charge in [0, 0.05) is 0 Å². The average Bonchev–Trinajstić information content (AvgIpc) is 3.02. The summed E-state index contributed by atoms with van der Waals surface area (Å²) in [5.74, 6) is -5.68. The van der Waals surface area contributed by atoms with E-state index in [2.05, 4.69) is 0 Å². The molecule has 0 aromatic heterocycles. The van der Waals surface area contributed by atoms with Gasteiger partial charge in [0.25, 0.3) is 11.1 Å². The summed E-state index contributed by atoms with van der Waals surface area (Å²) < 4.78 is 45.7. The highest BCUT2D eigenvalue weighted by Crippen LogP contribution is 2.32. The largest absolute Gasteiger partial charge is 0.491 e. The Morgan fingerprint density at radius 2 is 1.81 bits per heavy atom. The van der Waals surface area contributed by atoms with E-state index in [9.17, 15) is 27.6 Å². The number of hydrogen-bond donors (Lipinski definition) is 1. The second kappa shape index (κ2) is 9.90. The van der Waals surface area contributed by atoms with Gasteiger partial charge in [-0.25, -0.2) is 13.2 Å². The molecule has 0 unspecified atom stereocenters. The second-order valence-corrected chi connectivity index (χ2v) is 7.94. The molecule has 0 aliphatic carbocycles. The molecule has 1 aliphatic rings. The van der Waals surface area contributed by atoms with Crippen LogP contribution in [0.15, 0.2) is 41.3 Å². The van der Waals surface area contributed by atoms with Crippen LogP contribution in [0, 0.1) is 17.5 Å². The summed E-state index contributed by atoms with van der Waals surface area (Å²) in [5.41, 5.74) is 0.0522. The Kier molecular flexibility index (Phi) is 7.24. The Bertz CT molecular complexity index is 1090. The molecule has 32 heavy (non-hydrogen) atoms. The molecule has 1 N–H and O–H groups in total. The number of nitrogens with one attached hydrogen (secondary N) is 1. The molecule has 168 valence electrons. The molecule has 6 nitrogen and oxygen atoms in total. The van der Waals surface area contributed by atoms with Gasteiger partial charge in [-0.3, -0.25) is 19.3 Å². The maximum atomic E-state index is 13.7. The van der Waals surface area contributed by atoms with Gasteiger partial charge >= 0.3 is 0 Å². The quantitative estimate of drug-likeness (QED) is 0.463. The normalized spacial score (nSPS) is 15.9. The zero-order valence-corrected chi connectivity index (χ0v) is 18.0. The van der Waals surface area contributed by atoms with Crippen LogP contribution in [0.2, 0.25) is 0 Å². The van der Waals surface area contributed by atoms with Gasteiger partial charge in [0.1, 0.15) is 12.3 Å². The van der Waals surface area contributed by atoms with E-state index in [0.29, 0.717) is 34.0 Å². The fourth-order valence-corrected chi connectivity index (χ4v) is 3.54. The first-order valence-corrected chi connectivity index (χ1v) is 10.5. The molecule has 1 saturated heterocycles. The number of ether oxygens (including phenoxy) is 1. The van der Waals surface area contributed by atoms with E-state index in [1.807, 2.05) is 19.2 Å². The molecule has 2 aromatic rings. The van der Waals surface area contributed by atoms with Crippen molar-refractivity contribution in [3.8, 4) is 5.75 Å². The molecule has 3 amide bonds. The van der Waals surface area contributed by atoms with Gasteiger partial charge in [-0.2, -0.15) is 0 Å². The fraction of sp³-hybridized carbons (Fsp3) is 0.227. The minimum Gasteiger partial charge on any atom is -0.491 e. The first-order valence-electron chi connectivity index (χ1n) is 9.65. The van der Waals surface area contributed by atoms with Gasteiger partial charge in [0.15, 0.2) is 17.5 Å². The lowest BCUT2D eigenvalue weighted by atomic mass is 10.2. The van der Waals surface area contributed by atoms with Crippen LogP contribution in [-0.4, -0.2) is 34.6 Å². The third-order valence-corrected chi connectivity index (χ3v) is 5.48. The van der Waals surface area contributed by atoms with E-state index in [1.165, 1.54) is 6.08 Å². The monoisotopic (exact) mass is 464 g/mol. The van der Waals surface area contributed by atoms with E-state index < -0.39 is 46.7 Å². The summed E-state index contributed by atoms with van der Waals surface area (Å²) in [6, 6.07) is 8.43. The number of carbonyl (C=O) groups excluding carboxylic acids is 3.